The third-order valence-electron chi connectivity index (χ3n) is 9.76. The molecule has 0 aliphatic heterocycles. The van der Waals surface area contributed by atoms with Crippen LogP contribution >= 0.6 is 0 Å². The van der Waals surface area contributed by atoms with Gasteiger partial charge in [0.1, 0.15) is 0 Å². The molecule has 0 fully saturated rings. The topological polar surface area (TPSA) is 48.5 Å². The largest absolute Gasteiger partial charge is 0.312 e. The Bertz CT molecular complexity index is 2500. The SMILES string of the molecule is C1=C[C@H]2c3c(c4ccccc4n3-c3nc(-c4ccccc4)nc(-c4ccccc4)n3)C=CC2c2c1c1ccccc1n2-c1ccccc1. The van der Waals surface area contributed by atoms with Gasteiger partial charge >= 0.3 is 0 Å². The second kappa shape index (κ2) is 10.6. The Labute approximate surface area is 277 Å². The maximum atomic E-state index is 5.20. The molecule has 0 spiro atoms. The third kappa shape index (κ3) is 4.01. The number of hydrogen-bond acceptors (Lipinski definition) is 3. The molecule has 48 heavy (non-hydrogen) atoms. The van der Waals surface area contributed by atoms with Crippen molar-refractivity contribution in [1.82, 2.24) is 24.1 Å². The van der Waals surface area contributed by atoms with Gasteiger partial charge in [-0.15, -0.1) is 0 Å². The normalized spacial score (nSPS) is 16.2. The van der Waals surface area contributed by atoms with E-state index in [4.69, 9.17) is 15.0 Å². The van der Waals surface area contributed by atoms with Gasteiger partial charge in [-0.25, -0.2) is 4.98 Å². The molecule has 5 heteroatoms. The number of hydrogen-bond donors (Lipinski definition) is 0. The Morgan fingerprint density at radius 3 is 1.40 bits per heavy atom. The van der Waals surface area contributed by atoms with Crippen molar-refractivity contribution in [3.8, 4) is 34.4 Å². The summed E-state index contributed by atoms with van der Waals surface area (Å²) in [4.78, 5) is 15.4. The molecule has 0 bridgehead atoms. The number of benzene rings is 5. The van der Waals surface area contributed by atoms with Crippen LogP contribution in [0.15, 0.2) is 152 Å². The summed E-state index contributed by atoms with van der Waals surface area (Å²) in [5, 5.41) is 2.45. The molecule has 1 unspecified atom stereocenters. The molecule has 5 nitrogen and oxygen atoms in total. The van der Waals surface area contributed by atoms with Crippen molar-refractivity contribution < 1.29 is 0 Å². The predicted molar refractivity (Wildman–Crippen MR) is 194 cm³/mol. The van der Waals surface area contributed by atoms with E-state index in [9.17, 15) is 0 Å². The standard InChI is InChI=1S/C43H29N5/c1-4-14-28(15-5-1)41-44-42(29-16-6-2-7-17-29)46-43(45-41)48-38-23-13-11-21-32(38)34-25-26-35-36(40(34)48)27-24-33-31-20-10-12-22-37(31)47(39(33)35)30-18-8-3-9-19-30/h1-27,35-36H/t35?,36-/m1/s1. The van der Waals surface area contributed by atoms with Crippen LogP contribution in [0.2, 0.25) is 0 Å². The lowest BCUT2D eigenvalue weighted by Gasteiger charge is -2.32. The van der Waals surface area contributed by atoms with Gasteiger partial charge in [0.05, 0.1) is 11.0 Å². The number of rotatable bonds is 4. The van der Waals surface area contributed by atoms with Crippen LogP contribution in [-0.2, 0) is 0 Å². The lowest BCUT2D eigenvalue weighted by Crippen LogP contribution is -2.21. The van der Waals surface area contributed by atoms with E-state index in [1.165, 1.54) is 44.5 Å². The Morgan fingerprint density at radius 1 is 0.417 bits per heavy atom. The number of fused-ring (bicyclic) bond motifs is 9. The zero-order valence-corrected chi connectivity index (χ0v) is 26.0. The third-order valence-corrected chi connectivity index (χ3v) is 9.76. The minimum atomic E-state index is 0.0637. The van der Waals surface area contributed by atoms with Crippen molar-refractivity contribution in [1.29, 1.82) is 0 Å². The van der Waals surface area contributed by atoms with Crippen LogP contribution in [-0.4, -0.2) is 24.1 Å². The predicted octanol–water partition coefficient (Wildman–Crippen LogP) is 10.0. The molecular formula is C43H29N5. The van der Waals surface area contributed by atoms with Crippen LogP contribution in [0, 0.1) is 0 Å². The average molecular weight is 616 g/mol. The fraction of sp³-hybridized carbons (Fsp3) is 0.0465. The van der Waals surface area contributed by atoms with Gasteiger partial charge in [-0.3, -0.25) is 4.57 Å². The van der Waals surface area contributed by atoms with Crippen molar-refractivity contribution in [2.24, 2.45) is 0 Å². The molecule has 0 saturated heterocycles. The first kappa shape index (κ1) is 26.8. The summed E-state index contributed by atoms with van der Waals surface area (Å²) in [5.41, 5.74) is 10.4. The summed E-state index contributed by atoms with van der Waals surface area (Å²) in [6.45, 7) is 0. The zero-order chi connectivity index (χ0) is 31.6. The molecule has 8 aromatic rings. The van der Waals surface area contributed by atoms with Gasteiger partial charge in [-0.05, 0) is 24.3 Å². The monoisotopic (exact) mass is 615 g/mol. The van der Waals surface area contributed by atoms with E-state index >= 15 is 0 Å². The summed E-state index contributed by atoms with van der Waals surface area (Å²) in [6.07, 6.45) is 9.45. The molecule has 3 heterocycles. The van der Waals surface area contributed by atoms with Crippen LogP contribution < -0.4 is 0 Å². The highest BCUT2D eigenvalue weighted by Crippen LogP contribution is 2.51. The second-order valence-corrected chi connectivity index (χ2v) is 12.4. The quantitative estimate of drug-likeness (QED) is 0.198. The van der Waals surface area contributed by atoms with Gasteiger partial charge in [0.15, 0.2) is 11.6 Å². The molecule has 0 saturated carbocycles. The molecule has 5 aromatic carbocycles. The molecule has 2 aliphatic rings. The summed E-state index contributed by atoms with van der Waals surface area (Å²) < 4.78 is 4.75. The zero-order valence-electron chi connectivity index (χ0n) is 26.0. The van der Waals surface area contributed by atoms with Gasteiger partial charge in [-0.2, -0.15) is 9.97 Å². The highest BCUT2D eigenvalue weighted by atomic mass is 15.2. The minimum Gasteiger partial charge on any atom is -0.312 e. The number of nitrogens with zero attached hydrogens (tertiary/aromatic N) is 5. The molecule has 0 radical (unpaired) electrons. The highest BCUT2D eigenvalue weighted by molar-refractivity contribution is 5.97. The summed E-state index contributed by atoms with van der Waals surface area (Å²) in [5.74, 6) is 2.10. The Hall–Kier alpha value is -6.33. The first-order valence-electron chi connectivity index (χ1n) is 16.4. The van der Waals surface area contributed by atoms with Gasteiger partial charge in [0, 0.05) is 61.9 Å². The maximum absolute atomic E-state index is 5.20. The molecular weight excluding hydrogens is 587 g/mol. The van der Waals surface area contributed by atoms with Crippen LogP contribution in [0.4, 0.5) is 0 Å². The van der Waals surface area contributed by atoms with E-state index < -0.39 is 0 Å². The van der Waals surface area contributed by atoms with Gasteiger partial charge in [-0.1, -0.05) is 140 Å². The van der Waals surface area contributed by atoms with E-state index in [0.717, 1.165) is 16.6 Å². The first-order chi connectivity index (χ1) is 23.8. The van der Waals surface area contributed by atoms with Crippen molar-refractivity contribution in [3.05, 3.63) is 174 Å². The Kier molecular flexibility index (Phi) is 5.93. The highest BCUT2D eigenvalue weighted by Gasteiger charge is 2.38. The Morgan fingerprint density at radius 2 is 0.854 bits per heavy atom. The molecule has 2 atom stereocenters. The second-order valence-electron chi connectivity index (χ2n) is 12.4. The lowest BCUT2D eigenvalue weighted by atomic mass is 9.76. The van der Waals surface area contributed by atoms with Crippen LogP contribution in [0.25, 0.3) is 68.4 Å². The molecule has 2 aliphatic carbocycles. The van der Waals surface area contributed by atoms with E-state index in [2.05, 4.69) is 137 Å². The van der Waals surface area contributed by atoms with Gasteiger partial charge < -0.3 is 4.57 Å². The lowest BCUT2D eigenvalue weighted by molar-refractivity contribution is 0.656. The summed E-state index contributed by atoms with van der Waals surface area (Å²) in [7, 11) is 0. The number of para-hydroxylation sites is 3. The van der Waals surface area contributed by atoms with Crippen molar-refractivity contribution in [3.63, 3.8) is 0 Å². The van der Waals surface area contributed by atoms with Crippen LogP contribution in [0.1, 0.15) is 34.4 Å². The van der Waals surface area contributed by atoms with Crippen LogP contribution in [0.5, 0.6) is 0 Å². The fourth-order valence-electron chi connectivity index (χ4n) is 7.71. The van der Waals surface area contributed by atoms with Crippen LogP contribution in [0.3, 0.4) is 0 Å². The number of allylic oxidation sites excluding steroid dienone is 2. The molecule has 0 amide bonds. The first-order valence-corrected chi connectivity index (χ1v) is 16.4. The molecule has 226 valence electrons. The summed E-state index contributed by atoms with van der Waals surface area (Å²) >= 11 is 0. The fourth-order valence-corrected chi connectivity index (χ4v) is 7.71. The van der Waals surface area contributed by atoms with Crippen molar-refractivity contribution >= 4 is 34.0 Å². The molecule has 0 N–H and O–H groups in total. The molecule has 3 aromatic heterocycles. The van der Waals surface area contributed by atoms with E-state index in [0.29, 0.717) is 17.6 Å². The molecule has 10 rings (SSSR count). The van der Waals surface area contributed by atoms with E-state index in [1.807, 2.05) is 36.4 Å². The smallest absolute Gasteiger partial charge is 0.238 e. The average Bonchev–Trinajstić information content (AvgIpc) is 3.69. The number of aromatic nitrogens is 5. The summed E-state index contributed by atoms with van der Waals surface area (Å²) in [6, 6.07) is 48.5. The van der Waals surface area contributed by atoms with Gasteiger partial charge in [0.2, 0.25) is 5.95 Å². The van der Waals surface area contributed by atoms with Crippen molar-refractivity contribution in [2.45, 2.75) is 11.8 Å². The maximum Gasteiger partial charge on any atom is 0.238 e. The Balaban J connectivity index is 1.24. The van der Waals surface area contributed by atoms with E-state index in [-0.39, 0.29) is 11.8 Å². The van der Waals surface area contributed by atoms with E-state index in [1.54, 1.807) is 0 Å². The minimum absolute atomic E-state index is 0.0637. The van der Waals surface area contributed by atoms with Gasteiger partial charge in [0.25, 0.3) is 0 Å². The van der Waals surface area contributed by atoms with Crippen molar-refractivity contribution in [2.75, 3.05) is 0 Å².